The minimum Gasteiger partial charge on any atom is -0.324 e. The summed E-state index contributed by atoms with van der Waals surface area (Å²) in [7, 11) is 0. The molecule has 0 saturated carbocycles. The number of nitriles is 1. The van der Waals surface area contributed by atoms with Gasteiger partial charge in [0.05, 0.1) is 22.5 Å². The molecule has 0 unspecified atom stereocenters. The summed E-state index contributed by atoms with van der Waals surface area (Å²) in [5.41, 5.74) is 5.44. The number of carbonyl (C=O) groups is 1. The molecule has 0 bridgehead atoms. The number of fused-ring (bicyclic) bond motifs is 1. The number of nitrogens with one attached hydrogen (secondary N) is 1. The summed E-state index contributed by atoms with van der Waals surface area (Å²) >= 11 is 4.74. The molecule has 0 aliphatic heterocycles. The van der Waals surface area contributed by atoms with Gasteiger partial charge < -0.3 is 5.32 Å². The van der Waals surface area contributed by atoms with Crippen molar-refractivity contribution in [1.82, 2.24) is 4.98 Å². The van der Waals surface area contributed by atoms with Crippen LogP contribution in [0.15, 0.2) is 45.9 Å². The molecule has 1 N–H and O–H groups in total. The van der Waals surface area contributed by atoms with Crippen molar-refractivity contribution in [3.63, 3.8) is 0 Å². The van der Waals surface area contributed by atoms with Crippen LogP contribution in [0, 0.1) is 32.1 Å². The van der Waals surface area contributed by atoms with Crippen LogP contribution in [-0.4, -0.2) is 16.6 Å². The molecule has 0 aliphatic carbocycles. The zero-order valence-corrected chi connectivity index (χ0v) is 17.7. The molecule has 0 atom stereocenters. The first-order chi connectivity index (χ1) is 12.9. The van der Waals surface area contributed by atoms with E-state index in [2.05, 4.69) is 32.3 Å². The summed E-state index contributed by atoms with van der Waals surface area (Å²) in [6.07, 6.45) is 0. The van der Waals surface area contributed by atoms with E-state index in [1.54, 1.807) is 0 Å². The monoisotopic (exact) mass is 439 g/mol. The van der Waals surface area contributed by atoms with Gasteiger partial charge in [-0.15, -0.1) is 0 Å². The van der Waals surface area contributed by atoms with Crippen LogP contribution in [0.5, 0.6) is 0 Å². The van der Waals surface area contributed by atoms with Crippen LogP contribution in [0.25, 0.3) is 10.9 Å². The molecule has 6 heteroatoms. The second kappa shape index (κ2) is 8.12. The van der Waals surface area contributed by atoms with Gasteiger partial charge in [-0.05, 0) is 71.6 Å². The molecule has 1 heterocycles. The van der Waals surface area contributed by atoms with Gasteiger partial charge in [0.25, 0.3) is 0 Å². The van der Waals surface area contributed by atoms with Crippen LogP contribution >= 0.6 is 27.7 Å². The molecule has 0 saturated heterocycles. The number of benzene rings is 2. The number of hydrogen-bond donors (Lipinski definition) is 1. The molecule has 3 aromatic rings. The van der Waals surface area contributed by atoms with E-state index in [9.17, 15) is 10.1 Å². The lowest BCUT2D eigenvalue weighted by molar-refractivity contribution is -0.113. The first-order valence-corrected chi connectivity index (χ1v) is 10.2. The Balaban J connectivity index is 1.80. The van der Waals surface area contributed by atoms with Crippen LogP contribution in [0.4, 0.5) is 5.69 Å². The van der Waals surface area contributed by atoms with E-state index in [1.807, 2.05) is 57.2 Å². The number of pyridine rings is 1. The summed E-state index contributed by atoms with van der Waals surface area (Å²) in [4.78, 5) is 17.0. The van der Waals surface area contributed by atoms with Gasteiger partial charge in [-0.3, -0.25) is 4.79 Å². The van der Waals surface area contributed by atoms with Crippen LogP contribution in [0.3, 0.4) is 0 Å². The van der Waals surface area contributed by atoms with E-state index in [0.29, 0.717) is 10.6 Å². The average molecular weight is 440 g/mol. The van der Waals surface area contributed by atoms with Gasteiger partial charge in [0.2, 0.25) is 5.91 Å². The Morgan fingerprint density at radius 2 is 2.00 bits per heavy atom. The molecular formula is C21H18BrN3OS. The summed E-state index contributed by atoms with van der Waals surface area (Å²) in [6, 6.07) is 13.8. The molecule has 2 aromatic carbocycles. The lowest BCUT2D eigenvalue weighted by atomic mass is 10.0. The molecule has 0 spiro atoms. The molecule has 0 fully saturated rings. The first kappa shape index (κ1) is 19.4. The van der Waals surface area contributed by atoms with E-state index < -0.39 is 0 Å². The third-order valence-electron chi connectivity index (χ3n) is 4.34. The maximum Gasteiger partial charge on any atom is 0.234 e. The quantitative estimate of drug-likeness (QED) is 0.542. The highest BCUT2D eigenvalue weighted by atomic mass is 79.9. The van der Waals surface area contributed by atoms with E-state index in [1.165, 1.54) is 11.8 Å². The number of rotatable bonds is 4. The predicted molar refractivity (Wildman–Crippen MR) is 114 cm³/mol. The first-order valence-electron chi connectivity index (χ1n) is 8.39. The molecule has 4 nitrogen and oxygen atoms in total. The summed E-state index contributed by atoms with van der Waals surface area (Å²) in [5, 5.41) is 13.9. The zero-order valence-electron chi connectivity index (χ0n) is 15.3. The van der Waals surface area contributed by atoms with E-state index in [-0.39, 0.29) is 11.7 Å². The number of carbonyl (C=O) groups excluding carboxylic acids is 1. The van der Waals surface area contributed by atoms with E-state index in [0.717, 1.165) is 37.8 Å². The fourth-order valence-electron chi connectivity index (χ4n) is 2.70. The molecule has 136 valence electrons. The number of amides is 1. The van der Waals surface area contributed by atoms with Crippen molar-refractivity contribution in [3.05, 3.63) is 63.1 Å². The largest absolute Gasteiger partial charge is 0.324 e. The second-order valence-corrected chi connectivity index (χ2v) is 8.17. The normalized spacial score (nSPS) is 10.6. The lowest BCUT2D eigenvalue weighted by Gasteiger charge is -2.10. The number of anilines is 1. The topological polar surface area (TPSA) is 65.8 Å². The van der Waals surface area contributed by atoms with Gasteiger partial charge in [0, 0.05) is 9.86 Å². The Kier molecular flexibility index (Phi) is 5.83. The van der Waals surface area contributed by atoms with Crippen molar-refractivity contribution in [3.8, 4) is 6.07 Å². The number of aromatic nitrogens is 1. The Morgan fingerprint density at radius 3 is 2.70 bits per heavy atom. The molecule has 3 rings (SSSR count). The number of hydrogen-bond acceptors (Lipinski definition) is 4. The smallest absolute Gasteiger partial charge is 0.234 e. The second-order valence-electron chi connectivity index (χ2n) is 6.35. The standard InChI is InChI=1S/C21H18BrN3OS/c1-12-4-7-18(17(22)8-12)24-19(26)11-27-21-16(10-23)9-15-6-5-13(2)14(3)20(15)25-21/h4-9H,11H2,1-3H3,(H,24,26). The van der Waals surface area contributed by atoms with Crippen LogP contribution in [-0.2, 0) is 4.79 Å². The number of thioether (sulfide) groups is 1. The Labute approximate surface area is 171 Å². The van der Waals surface area contributed by atoms with Gasteiger partial charge in [0.15, 0.2) is 0 Å². The van der Waals surface area contributed by atoms with Crippen molar-refractivity contribution in [2.24, 2.45) is 0 Å². The summed E-state index contributed by atoms with van der Waals surface area (Å²) in [5.74, 6) is 0.0366. The SMILES string of the molecule is Cc1ccc(NC(=O)CSc2nc3c(C)c(C)ccc3cc2C#N)c(Br)c1. The van der Waals surface area contributed by atoms with Crippen molar-refractivity contribution in [2.75, 3.05) is 11.1 Å². The van der Waals surface area contributed by atoms with E-state index in [4.69, 9.17) is 0 Å². The van der Waals surface area contributed by atoms with Crippen molar-refractivity contribution < 1.29 is 4.79 Å². The van der Waals surface area contributed by atoms with Crippen LogP contribution in [0.1, 0.15) is 22.3 Å². The number of halogens is 1. The minimum absolute atomic E-state index is 0.142. The van der Waals surface area contributed by atoms with Crippen molar-refractivity contribution in [1.29, 1.82) is 5.26 Å². The molecule has 1 aromatic heterocycles. The number of nitrogens with zero attached hydrogens (tertiary/aromatic N) is 2. The minimum atomic E-state index is -0.142. The van der Waals surface area contributed by atoms with Crippen LogP contribution in [0.2, 0.25) is 0 Å². The molecular weight excluding hydrogens is 422 g/mol. The summed E-state index contributed by atoms with van der Waals surface area (Å²) in [6.45, 7) is 6.05. The Bertz CT molecular complexity index is 1090. The van der Waals surface area contributed by atoms with Gasteiger partial charge in [-0.1, -0.05) is 30.0 Å². The zero-order chi connectivity index (χ0) is 19.6. The van der Waals surface area contributed by atoms with Gasteiger partial charge in [0.1, 0.15) is 11.1 Å². The number of aryl methyl sites for hydroxylation is 3. The fraction of sp³-hybridized carbons (Fsp3) is 0.190. The van der Waals surface area contributed by atoms with Crippen molar-refractivity contribution >= 4 is 50.2 Å². The van der Waals surface area contributed by atoms with E-state index >= 15 is 0 Å². The third-order valence-corrected chi connectivity index (χ3v) is 5.98. The van der Waals surface area contributed by atoms with Gasteiger partial charge in [-0.25, -0.2) is 4.98 Å². The molecule has 0 radical (unpaired) electrons. The Morgan fingerprint density at radius 1 is 1.22 bits per heavy atom. The van der Waals surface area contributed by atoms with Gasteiger partial charge in [-0.2, -0.15) is 5.26 Å². The lowest BCUT2D eigenvalue weighted by Crippen LogP contribution is -2.14. The van der Waals surface area contributed by atoms with Crippen molar-refractivity contribution in [2.45, 2.75) is 25.8 Å². The van der Waals surface area contributed by atoms with Crippen LogP contribution < -0.4 is 5.32 Å². The van der Waals surface area contributed by atoms with Gasteiger partial charge >= 0.3 is 0 Å². The summed E-state index contributed by atoms with van der Waals surface area (Å²) < 4.78 is 0.841. The Hall–Kier alpha value is -2.36. The molecule has 0 aliphatic rings. The highest BCUT2D eigenvalue weighted by Gasteiger charge is 2.13. The average Bonchev–Trinajstić information content (AvgIpc) is 2.65. The highest BCUT2D eigenvalue weighted by molar-refractivity contribution is 9.10. The third kappa shape index (κ3) is 4.32. The fourth-order valence-corrected chi connectivity index (χ4v) is 4.05. The maximum absolute atomic E-state index is 12.3. The highest BCUT2D eigenvalue weighted by Crippen LogP contribution is 2.28. The molecule has 27 heavy (non-hydrogen) atoms. The maximum atomic E-state index is 12.3. The molecule has 1 amide bonds. The predicted octanol–water partition coefficient (Wildman–Crippen LogP) is 5.53.